The topological polar surface area (TPSA) is 104 Å². The lowest BCUT2D eigenvalue weighted by Gasteiger charge is -2.19. The first-order valence-corrected chi connectivity index (χ1v) is 5.41. The Bertz CT molecular complexity index is 282. The van der Waals surface area contributed by atoms with Gasteiger partial charge in [-0.05, 0) is 19.8 Å². The van der Waals surface area contributed by atoms with E-state index in [0.717, 1.165) is 0 Å². The molecule has 0 aromatic rings. The van der Waals surface area contributed by atoms with Gasteiger partial charge in [-0.25, -0.2) is 0 Å². The highest BCUT2D eigenvalue weighted by Gasteiger charge is 2.33. The quantitative estimate of drug-likeness (QED) is 0.463. The van der Waals surface area contributed by atoms with Gasteiger partial charge in [-0.2, -0.15) is 0 Å². The number of amides is 2. The molecule has 1 rings (SSSR count). The molecule has 1 fully saturated rings. The summed E-state index contributed by atoms with van der Waals surface area (Å²) in [5.41, 5.74) is 5.69. The lowest BCUT2D eigenvalue weighted by molar-refractivity contribution is -0.131. The molecule has 6 heteroatoms. The fourth-order valence-corrected chi connectivity index (χ4v) is 1.96. The number of carbonyl (C=O) groups is 2. The minimum Gasteiger partial charge on any atom is -0.382 e. The number of nitrogens with two attached hydrogens (primary N) is 1. The maximum atomic E-state index is 11.4. The third-order valence-corrected chi connectivity index (χ3v) is 2.87. The number of aliphatic hydroxyl groups is 1. The Kier molecular flexibility index (Phi) is 4.26. The second kappa shape index (κ2) is 5.27. The summed E-state index contributed by atoms with van der Waals surface area (Å²) < 4.78 is 0. The van der Waals surface area contributed by atoms with Crippen molar-refractivity contribution in [3.05, 3.63) is 0 Å². The average molecular weight is 229 g/mol. The van der Waals surface area contributed by atoms with E-state index in [1.807, 2.05) is 6.92 Å². The first-order valence-electron chi connectivity index (χ1n) is 5.41. The van der Waals surface area contributed by atoms with Crippen molar-refractivity contribution < 1.29 is 14.7 Å². The standard InChI is InChI=1S/C10H19N3O3/c1-5-3-6(9(15)13-5)4-7(11)8(14)10(16)12-2/h5-8,14H,3-4,11H2,1-2H3,(H,12,16)(H,13,15)/t5-,6?,7+,8?/m1/s1. The number of nitrogens with one attached hydrogen (secondary N) is 2. The number of hydrogen-bond acceptors (Lipinski definition) is 4. The Morgan fingerprint density at radius 3 is 2.81 bits per heavy atom. The molecule has 0 bridgehead atoms. The zero-order chi connectivity index (χ0) is 12.3. The molecule has 4 atom stereocenters. The molecule has 0 spiro atoms. The van der Waals surface area contributed by atoms with Gasteiger partial charge in [0, 0.05) is 25.0 Å². The van der Waals surface area contributed by atoms with E-state index in [2.05, 4.69) is 10.6 Å². The second-order valence-corrected chi connectivity index (χ2v) is 4.30. The third kappa shape index (κ3) is 2.93. The second-order valence-electron chi connectivity index (χ2n) is 4.30. The van der Waals surface area contributed by atoms with Crippen LogP contribution in [0.25, 0.3) is 0 Å². The molecule has 0 aliphatic carbocycles. The summed E-state index contributed by atoms with van der Waals surface area (Å²) in [5.74, 6) is -0.768. The van der Waals surface area contributed by atoms with Crippen LogP contribution in [0.4, 0.5) is 0 Å². The van der Waals surface area contributed by atoms with Gasteiger partial charge in [0.05, 0.1) is 0 Å². The Labute approximate surface area is 94.6 Å². The summed E-state index contributed by atoms with van der Waals surface area (Å²) in [4.78, 5) is 22.6. The molecule has 0 radical (unpaired) electrons. The van der Waals surface area contributed by atoms with E-state index in [-0.39, 0.29) is 17.9 Å². The van der Waals surface area contributed by atoms with Crippen molar-refractivity contribution in [2.75, 3.05) is 7.05 Å². The van der Waals surface area contributed by atoms with E-state index in [1.54, 1.807) is 0 Å². The number of hydrogen-bond donors (Lipinski definition) is 4. The van der Waals surface area contributed by atoms with Crippen molar-refractivity contribution in [2.24, 2.45) is 11.7 Å². The van der Waals surface area contributed by atoms with Crippen molar-refractivity contribution in [1.29, 1.82) is 0 Å². The van der Waals surface area contributed by atoms with Crippen LogP contribution in [0, 0.1) is 5.92 Å². The fraction of sp³-hybridized carbons (Fsp3) is 0.800. The highest BCUT2D eigenvalue weighted by atomic mass is 16.3. The van der Waals surface area contributed by atoms with Crippen LogP contribution in [0.1, 0.15) is 19.8 Å². The maximum absolute atomic E-state index is 11.4. The zero-order valence-corrected chi connectivity index (χ0v) is 9.56. The summed E-state index contributed by atoms with van der Waals surface area (Å²) in [5, 5.41) is 14.6. The van der Waals surface area contributed by atoms with Gasteiger partial charge < -0.3 is 21.5 Å². The summed E-state index contributed by atoms with van der Waals surface area (Å²) in [6.45, 7) is 1.92. The number of likely N-dealkylation sites (N-methyl/N-ethyl adjacent to an activating group) is 1. The van der Waals surface area contributed by atoms with Gasteiger partial charge in [-0.1, -0.05) is 0 Å². The van der Waals surface area contributed by atoms with Crippen LogP contribution >= 0.6 is 0 Å². The molecule has 0 aromatic carbocycles. The average Bonchev–Trinajstić information content (AvgIpc) is 2.55. The van der Waals surface area contributed by atoms with Crippen molar-refractivity contribution in [3.63, 3.8) is 0 Å². The van der Waals surface area contributed by atoms with Crippen molar-refractivity contribution in [3.8, 4) is 0 Å². The van der Waals surface area contributed by atoms with E-state index in [0.29, 0.717) is 12.8 Å². The monoisotopic (exact) mass is 229 g/mol. The molecule has 1 saturated heterocycles. The van der Waals surface area contributed by atoms with Gasteiger partial charge in [-0.3, -0.25) is 9.59 Å². The van der Waals surface area contributed by atoms with Gasteiger partial charge in [0.15, 0.2) is 0 Å². The Hall–Kier alpha value is -1.14. The predicted molar refractivity (Wildman–Crippen MR) is 58.4 cm³/mol. The molecular formula is C10H19N3O3. The molecular weight excluding hydrogens is 210 g/mol. The molecule has 0 aromatic heterocycles. The molecule has 1 aliphatic heterocycles. The molecule has 0 saturated carbocycles. The van der Waals surface area contributed by atoms with Gasteiger partial charge in [0.25, 0.3) is 0 Å². The third-order valence-electron chi connectivity index (χ3n) is 2.87. The molecule has 2 unspecified atom stereocenters. The molecule has 1 aliphatic rings. The first-order chi connectivity index (χ1) is 7.45. The van der Waals surface area contributed by atoms with Gasteiger partial charge in [0.2, 0.25) is 11.8 Å². The summed E-state index contributed by atoms with van der Waals surface area (Å²) in [7, 11) is 1.43. The van der Waals surface area contributed by atoms with Crippen LogP contribution in [-0.2, 0) is 9.59 Å². The smallest absolute Gasteiger partial charge is 0.250 e. The zero-order valence-electron chi connectivity index (χ0n) is 9.56. The molecule has 16 heavy (non-hydrogen) atoms. The highest BCUT2D eigenvalue weighted by Crippen LogP contribution is 2.20. The van der Waals surface area contributed by atoms with Crippen molar-refractivity contribution in [2.45, 2.75) is 38.0 Å². The number of aliphatic hydroxyl groups excluding tert-OH is 1. The summed E-state index contributed by atoms with van der Waals surface area (Å²) in [6.07, 6.45) is -0.230. The molecule has 2 amide bonds. The van der Waals surface area contributed by atoms with Crippen LogP contribution < -0.4 is 16.4 Å². The van der Waals surface area contributed by atoms with Crippen LogP contribution in [0.2, 0.25) is 0 Å². The molecule has 1 heterocycles. The normalized spacial score (nSPS) is 28.4. The lowest BCUT2D eigenvalue weighted by atomic mass is 9.94. The maximum Gasteiger partial charge on any atom is 0.250 e. The lowest BCUT2D eigenvalue weighted by Crippen LogP contribution is -2.46. The predicted octanol–water partition coefficient (Wildman–Crippen LogP) is -1.66. The largest absolute Gasteiger partial charge is 0.382 e. The highest BCUT2D eigenvalue weighted by molar-refractivity contribution is 5.82. The van der Waals surface area contributed by atoms with E-state index in [1.165, 1.54) is 7.05 Å². The minimum atomic E-state index is -1.26. The van der Waals surface area contributed by atoms with E-state index in [9.17, 15) is 14.7 Å². The van der Waals surface area contributed by atoms with Crippen LogP contribution in [-0.4, -0.2) is 42.2 Å². The Morgan fingerprint density at radius 2 is 2.38 bits per heavy atom. The van der Waals surface area contributed by atoms with Gasteiger partial charge in [-0.15, -0.1) is 0 Å². The number of carbonyl (C=O) groups excluding carboxylic acids is 2. The van der Waals surface area contributed by atoms with Crippen molar-refractivity contribution >= 4 is 11.8 Å². The van der Waals surface area contributed by atoms with Crippen molar-refractivity contribution in [1.82, 2.24) is 10.6 Å². The Morgan fingerprint density at radius 1 is 1.75 bits per heavy atom. The summed E-state index contributed by atoms with van der Waals surface area (Å²) >= 11 is 0. The molecule has 6 nitrogen and oxygen atoms in total. The summed E-state index contributed by atoms with van der Waals surface area (Å²) in [6, 6.07) is -0.567. The van der Waals surface area contributed by atoms with Gasteiger partial charge >= 0.3 is 0 Å². The fourth-order valence-electron chi connectivity index (χ4n) is 1.96. The van der Waals surface area contributed by atoms with Crippen LogP contribution in [0.15, 0.2) is 0 Å². The SMILES string of the molecule is CNC(=O)C(O)[C@@H](N)CC1C[C@@H](C)NC1=O. The molecule has 92 valence electrons. The van der Waals surface area contributed by atoms with Gasteiger partial charge in [0.1, 0.15) is 6.10 Å². The van der Waals surface area contributed by atoms with E-state index in [4.69, 9.17) is 5.73 Å². The van der Waals surface area contributed by atoms with E-state index >= 15 is 0 Å². The minimum absolute atomic E-state index is 0.0490. The first kappa shape index (κ1) is 12.9. The van der Waals surface area contributed by atoms with Crippen LogP contribution in [0.3, 0.4) is 0 Å². The van der Waals surface area contributed by atoms with E-state index < -0.39 is 18.1 Å². The van der Waals surface area contributed by atoms with Crippen LogP contribution in [0.5, 0.6) is 0 Å². The number of rotatable bonds is 4. The Balaban J connectivity index is 2.48. The molecule has 5 N–H and O–H groups in total.